The van der Waals surface area contributed by atoms with Gasteiger partial charge in [-0.3, -0.25) is 4.79 Å². The van der Waals surface area contributed by atoms with Crippen molar-refractivity contribution in [2.45, 2.75) is 12.2 Å². The minimum atomic E-state index is 0.123. The Bertz CT molecular complexity index is 802. The fraction of sp³-hybridized carbons (Fsp3) is 0.200. The van der Waals surface area contributed by atoms with E-state index < -0.39 is 0 Å². The molecule has 0 spiro atoms. The van der Waals surface area contributed by atoms with Crippen molar-refractivity contribution in [1.82, 2.24) is 4.90 Å². The Kier molecular flexibility index (Phi) is 5.56. The highest BCUT2D eigenvalue weighted by Crippen LogP contribution is 2.27. The average Bonchev–Trinajstić information content (AvgIpc) is 2.67. The first kappa shape index (κ1) is 17.3. The third-order valence-corrected chi connectivity index (χ3v) is 5.27. The number of thioether (sulfide) groups is 1. The molecule has 0 saturated carbocycles. The number of nitrogens with one attached hydrogen (secondary N) is 1. The van der Waals surface area contributed by atoms with Crippen molar-refractivity contribution >= 4 is 34.5 Å². The van der Waals surface area contributed by atoms with Crippen molar-refractivity contribution in [3.05, 3.63) is 71.3 Å². The van der Waals surface area contributed by atoms with Gasteiger partial charge in [-0.15, -0.1) is 0 Å². The number of nitrogen functional groups attached to an aromatic ring is 1. The summed E-state index contributed by atoms with van der Waals surface area (Å²) < 4.78 is 0. The molecule has 0 unspecified atom stereocenters. The molecule has 5 heteroatoms. The lowest BCUT2D eigenvalue weighted by atomic mass is 9.98. The van der Waals surface area contributed by atoms with E-state index in [9.17, 15) is 4.79 Å². The van der Waals surface area contributed by atoms with Crippen LogP contribution in [0.3, 0.4) is 0 Å². The lowest BCUT2D eigenvalue weighted by Crippen LogP contribution is -2.31. The summed E-state index contributed by atoms with van der Waals surface area (Å²) in [5, 5.41) is 7.43. The maximum Gasteiger partial charge on any atom is 0.282 e. The van der Waals surface area contributed by atoms with Crippen molar-refractivity contribution in [3.63, 3.8) is 0 Å². The molecule has 3 N–H and O–H groups in total. The van der Waals surface area contributed by atoms with Crippen LogP contribution in [-0.2, 0) is 5.75 Å². The molecule has 3 rings (SSSR count). The molecule has 2 aromatic carbocycles. The number of benzene rings is 2. The molecule has 25 heavy (non-hydrogen) atoms. The zero-order valence-electron chi connectivity index (χ0n) is 13.9. The van der Waals surface area contributed by atoms with Gasteiger partial charge >= 0.3 is 0 Å². The molecule has 128 valence electrons. The Morgan fingerprint density at radius 3 is 2.68 bits per heavy atom. The molecular formula is C20H21N3OS. The lowest BCUT2D eigenvalue weighted by Gasteiger charge is -2.26. The summed E-state index contributed by atoms with van der Waals surface area (Å²) in [6.07, 6.45) is 4.18. The largest absolute Gasteiger partial charge is 0.398 e. The second kappa shape index (κ2) is 8.03. The smallest absolute Gasteiger partial charge is 0.282 e. The summed E-state index contributed by atoms with van der Waals surface area (Å²) in [4.78, 5) is 14.2. The number of hydrogen-bond acceptors (Lipinski definition) is 4. The van der Waals surface area contributed by atoms with Crippen LogP contribution in [0.5, 0.6) is 0 Å². The molecule has 0 radical (unpaired) electrons. The van der Waals surface area contributed by atoms with Gasteiger partial charge in [0, 0.05) is 36.3 Å². The van der Waals surface area contributed by atoms with Gasteiger partial charge in [-0.25, -0.2) is 0 Å². The van der Waals surface area contributed by atoms with Gasteiger partial charge in [-0.2, -0.15) is 0 Å². The maximum absolute atomic E-state index is 12.4. The molecule has 0 aromatic heterocycles. The number of amides is 1. The summed E-state index contributed by atoms with van der Waals surface area (Å²) in [6.45, 7) is 1.35. The van der Waals surface area contributed by atoms with E-state index in [1.165, 1.54) is 23.5 Å². The molecule has 1 heterocycles. The minimum Gasteiger partial charge on any atom is -0.398 e. The number of hydrogen-bond donors (Lipinski definition) is 2. The van der Waals surface area contributed by atoms with Crippen LogP contribution < -0.4 is 5.73 Å². The predicted octanol–water partition coefficient (Wildman–Crippen LogP) is 4.41. The summed E-state index contributed by atoms with van der Waals surface area (Å²) in [7, 11) is 0. The number of nitrogens with two attached hydrogens (primary N) is 1. The van der Waals surface area contributed by atoms with Crippen LogP contribution in [0.15, 0.2) is 54.6 Å². The maximum atomic E-state index is 12.4. The van der Waals surface area contributed by atoms with Crippen LogP contribution in [0.1, 0.15) is 23.1 Å². The van der Waals surface area contributed by atoms with Crippen LogP contribution >= 0.6 is 11.8 Å². The SMILES string of the molecule is N=Cc1ccc(C2=CCN(C(=O)SCc3ccccc3)CC2)cc1N. The number of carbonyl (C=O) groups excluding carboxylic acids is 1. The highest BCUT2D eigenvalue weighted by Gasteiger charge is 2.18. The van der Waals surface area contributed by atoms with Gasteiger partial charge in [-0.1, -0.05) is 60.3 Å². The van der Waals surface area contributed by atoms with Crippen LogP contribution in [-0.4, -0.2) is 29.4 Å². The fourth-order valence-electron chi connectivity index (χ4n) is 2.81. The highest BCUT2D eigenvalue weighted by atomic mass is 32.2. The second-order valence-electron chi connectivity index (χ2n) is 5.95. The van der Waals surface area contributed by atoms with E-state index in [1.54, 1.807) is 0 Å². The number of anilines is 1. The van der Waals surface area contributed by atoms with Gasteiger partial charge < -0.3 is 16.0 Å². The summed E-state index contributed by atoms with van der Waals surface area (Å²) >= 11 is 1.35. The van der Waals surface area contributed by atoms with Crippen molar-refractivity contribution in [2.75, 3.05) is 18.8 Å². The number of carbonyl (C=O) groups is 1. The van der Waals surface area contributed by atoms with Crippen molar-refractivity contribution in [3.8, 4) is 0 Å². The molecule has 0 atom stereocenters. The van der Waals surface area contributed by atoms with Crippen LogP contribution in [0.25, 0.3) is 5.57 Å². The van der Waals surface area contributed by atoms with Gasteiger partial charge in [0.05, 0.1) is 0 Å². The van der Waals surface area contributed by atoms with E-state index >= 15 is 0 Å². The van der Waals surface area contributed by atoms with E-state index in [1.807, 2.05) is 53.4 Å². The number of rotatable bonds is 4. The Labute approximate surface area is 152 Å². The standard InChI is InChI=1S/C20H21N3OS/c21-13-18-7-6-17(12-19(18)22)16-8-10-23(11-9-16)20(24)25-14-15-4-2-1-3-5-15/h1-8,12-13,21H,9-11,14,22H2. The van der Waals surface area contributed by atoms with Gasteiger partial charge in [0.15, 0.2) is 0 Å². The lowest BCUT2D eigenvalue weighted by molar-refractivity contribution is 0.228. The van der Waals surface area contributed by atoms with Crippen LogP contribution in [0, 0.1) is 5.41 Å². The predicted molar refractivity (Wildman–Crippen MR) is 106 cm³/mol. The zero-order chi connectivity index (χ0) is 17.6. The monoisotopic (exact) mass is 351 g/mol. The summed E-state index contributed by atoms with van der Waals surface area (Å²) in [6, 6.07) is 15.8. The third-order valence-electron chi connectivity index (χ3n) is 4.29. The van der Waals surface area contributed by atoms with Crippen LogP contribution in [0.2, 0.25) is 0 Å². The van der Waals surface area contributed by atoms with E-state index in [-0.39, 0.29) is 5.24 Å². The molecule has 0 bridgehead atoms. The van der Waals surface area contributed by atoms with E-state index in [4.69, 9.17) is 11.1 Å². The van der Waals surface area contributed by atoms with E-state index in [0.29, 0.717) is 18.0 Å². The molecule has 0 saturated heterocycles. The first-order valence-electron chi connectivity index (χ1n) is 8.22. The molecule has 1 aliphatic rings. The molecular weight excluding hydrogens is 330 g/mol. The van der Waals surface area contributed by atoms with Gasteiger partial charge in [-0.05, 0) is 29.2 Å². The Morgan fingerprint density at radius 1 is 1.24 bits per heavy atom. The van der Waals surface area contributed by atoms with Crippen molar-refractivity contribution in [1.29, 1.82) is 5.41 Å². The zero-order valence-corrected chi connectivity index (χ0v) is 14.8. The highest BCUT2D eigenvalue weighted by molar-refractivity contribution is 8.12. The quantitative estimate of drug-likeness (QED) is 0.633. The molecule has 2 aromatic rings. The molecule has 1 amide bonds. The van der Waals surface area contributed by atoms with Crippen molar-refractivity contribution < 1.29 is 4.79 Å². The first-order chi connectivity index (χ1) is 12.2. The normalized spacial score (nSPS) is 14.1. The molecule has 1 aliphatic heterocycles. The third kappa shape index (κ3) is 4.31. The minimum absolute atomic E-state index is 0.123. The molecule has 0 aliphatic carbocycles. The topological polar surface area (TPSA) is 70.2 Å². The first-order valence-corrected chi connectivity index (χ1v) is 9.21. The Hall–Kier alpha value is -2.53. The van der Waals surface area contributed by atoms with E-state index in [2.05, 4.69) is 6.08 Å². The molecule has 4 nitrogen and oxygen atoms in total. The second-order valence-corrected chi connectivity index (χ2v) is 6.88. The van der Waals surface area contributed by atoms with Gasteiger partial charge in [0.1, 0.15) is 0 Å². The Morgan fingerprint density at radius 2 is 2.04 bits per heavy atom. The summed E-state index contributed by atoms with van der Waals surface area (Å²) in [5.41, 5.74) is 10.8. The Balaban J connectivity index is 1.59. The van der Waals surface area contributed by atoms with Crippen LogP contribution in [0.4, 0.5) is 10.5 Å². The number of nitrogens with zero attached hydrogens (tertiary/aromatic N) is 1. The van der Waals surface area contributed by atoms with Gasteiger partial charge in [0.25, 0.3) is 5.24 Å². The van der Waals surface area contributed by atoms with Gasteiger partial charge in [0.2, 0.25) is 0 Å². The average molecular weight is 351 g/mol. The summed E-state index contributed by atoms with van der Waals surface area (Å²) in [5.74, 6) is 0.703. The molecule has 0 fully saturated rings. The van der Waals surface area contributed by atoms with Crippen molar-refractivity contribution in [2.24, 2.45) is 0 Å². The fourth-order valence-corrected chi connectivity index (χ4v) is 3.64. The van der Waals surface area contributed by atoms with E-state index in [0.717, 1.165) is 29.7 Å².